The normalized spacial score (nSPS) is 14.9. The lowest BCUT2D eigenvalue weighted by atomic mass is 10.0. The standard InChI is InChI=1S/C12H15NOS/c1-9(14)13-7-3-4-10-8-11(15-2)5-6-12(10)13/h5-6,8H,3-4,7H2,1-2H3. The van der Waals surface area contributed by atoms with Gasteiger partial charge in [-0.1, -0.05) is 0 Å². The van der Waals surface area contributed by atoms with Gasteiger partial charge >= 0.3 is 0 Å². The van der Waals surface area contributed by atoms with Crippen molar-refractivity contribution in [3.63, 3.8) is 0 Å². The van der Waals surface area contributed by atoms with Gasteiger partial charge in [0.1, 0.15) is 0 Å². The molecule has 1 amide bonds. The molecule has 0 atom stereocenters. The molecule has 80 valence electrons. The highest BCUT2D eigenvalue weighted by molar-refractivity contribution is 7.98. The maximum absolute atomic E-state index is 11.4. The monoisotopic (exact) mass is 221 g/mol. The van der Waals surface area contributed by atoms with E-state index in [-0.39, 0.29) is 5.91 Å². The Morgan fingerprint density at radius 1 is 1.47 bits per heavy atom. The van der Waals surface area contributed by atoms with Gasteiger partial charge in [0.25, 0.3) is 0 Å². The third-order valence-electron chi connectivity index (χ3n) is 2.79. The minimum Gasteiger partial charge on any atom is -0.312 e. The largest absolute Gasteiger partial charge is 0.312 e. The van der Waals surface area contributed by atoms with Gasteiger partial charge in [-0.25, -0.2) is 0 Å². The molecular formula is C12H15NOS. The van der Waals surface area contributed by atoms with Crippen LogP contribution in [0.1, 0.15) is 18.9 Å². The number of rotatable bonds is 1. The summed E-state index contributed by atoms with van der Waals surface area (Å²) >= 11 is 1.75. The maximum Gasteiger partial charge on any atom is 0.223 e. The number of carbonyl (C=O) groups excluding carboxylic acids is 1. The van der Waals surface area contributed by atoms with Gasteiger partial charge < -0.3 is 4.90 Å². The number of carbonyl (C=O) groups is 1. The SMILES string of the molecule is CSc1ccc2c(c1)CCCN2C(C)=O. The summed E-state index contributed by atoms with van der Waals surface area (Å²) in [5.41, 5.74) is 2.41. The van der Waals surface area contributed by atoms with E-state index in [1.165, 1.54) is 10.5 Å². The molecule has 1 heterocycles. The average Bonchev–Trinajstić information content (AvgIpc) is 2.27. The van der Waals surface area contributed by atoms with E-state index >= 15 is 0 Å². The molecule has 1 aliphatic rings. The molecule has 0 bridgehead atoms. The number of anilines is 1. The first kappa shape index (κ1) is 10.6. The second kappa shape index (κ2) is 4.27. The fraction of sp³-hybridized carbons (Fsp3) is 0.417. The van der Waals surface area contributed by atoms with Crippen molar-refractivity contribution in [2.24, 2.45) is 0 Å². The molecule has 0 aromatic heterocycles. The van der Waals surface area contributed by atoms with Crippen LogP contribution >= 0.6 is 11.8 Å². The first-order chi connectivity index (χ1) is 7.22. The number of fused-ring (bicyclic) bond motifs is 1. The summed E-state index contributed by atoms with van der Waals surface area (Å²) in [6, 6.07) is 6.36. The van der Waals surface area contributed by atoms with Gasteiger partial charge in [-0.05, 0) is 42.9 Å². The van der Waals surface area contributed by atoms with Gasteiger partial charge in [-0.15, -0.1) is 11.8 Å². The Kier molecular flexibility index (Phi) is 3.00. The predicted octanol–water partition coefficient (Wildman–Crippen LogP) is 2.71. The Labute approximate surface area is 94.7 Å². The molecule has 1 aromatic carbocycles. The van der Waals surface area contributed by atoms with Gasteiger partial charge in [0.05, 0.1) is 0 Å². The van der Waals surface area contributed by atoms with Crippen molar-refractivity contribution in [1.82, 2.24) is 0 Å². The van der Waals surface area contributed by atoms with Crippen LogP contribution in [0.15, 0.2) is 23.1 Å². The van der Waals surface area contributed by atoms with E-state index in [1.54, 1.807) is 18.7 Å². The zero-order valence-corrected chi connectivity index (χ0v) is 9.93. The molecular weight excluding hydrogens is 206 g/mol. The zero-order valence-electron chi connectivity index (χ0n) is 9.12. The summed E-state index contributed by atoms with van der Waals surface area (Å²) < 4.78 is 0. The van der Waals surface area contributed by atoms with Crippen LogP contribution in [0.3, 0.4) is 0 Å². The molecule has 15 heavy (non-hydrogen) atoms. The lowest BCUT2D eigenvalue weighted by Gasteiger charge is -2.28. The van der Waals surface area contributed by atoms with E-state index in [9.17, 15) is 4.79 Å². The highest BCUT2D eigenvalue weighted by Crippen LogP contribution is 2.30. The summed E-state index contributed by atoms with van der Waals surface area (Å²) in [5.74, 6) is 0.146. The third-order valence-corrected chi connectivity index (χ3v) is 3.51. The van der Waals surface area contributed by atoms with Crippen LogP contribution in [0, 0.1) is 0 Å². The van der Waals surface area contributed by atoms with Crippen LogP contribution in [0.5, 0.6) is 0 Å². The third kappa shape index (κ3) is 2.02. The molecule has 0 radical (unpaired) electrons. The molecule has 0 saturated carbocycles. The van der Waals surface area contributed by atoms with Crippen LogP contribution in [-0.2, 0) is 11.2 Å². The minimum atomic E-state index is 0.146. The van der Waals surface area contributed by atoms with Crippen molar-refractivity contribution in [1.29, 1.82) is 0 Å². The molecule has 3 heteroatoms. The molecule has 2 nitrogen and oxygen atoms in total. The lowest BCUT2D eigenvalue weighted by Crippen LogP contribution is -2.33. The van der Waals surface area contributed by atoms with Crippen molar-refractivity contribution < 1.29 is 4.79 Å². The fourth-order valence-corrected chi connectivity index (χ4v) is 2.49. The van der Waals surface area contributed by atoms with Gasteiger partial charge in [-0.2, -0.15) is 0 Å². The van der Waals surface area contributed by atoms with Crippen LogP contribution in [0.4, 0.5) is 5.69 Å². The molecule has 1 aliphatic heterocycles. The maximum atomic E-state index is 11.4. The molecule has 0 spiro atoms. The van der Waals surface area contributed by atoms with E-state index in [0.29, 0.717) is 0 Å². The Bertz CT molecular complexity index is 389. The number of thioether (sulfide) groups is 1. The molecule has 0 fully saturated rings. The molecule has 0 saturated heterocycles. The molecule has 0 N–H and O–H groups in total. The summed E-state index contributed by atoms with van der Waals surface area (Å²) in [6.07, 6.45) is 4.24. The van der Waals surface area contributed by atoms with Crippen molar-refractivity contribution in [2.75, 3.05) is 17.7 Å². The Hall–Kier alpha value is -0.960. The number of hydrogen-bond donors (Lipinski definition) is 0. The van der Waals surface area contributed by atoms with Gasteiger partial charge in [0, 0.05) is 24.1 Å². The fourth-order valence-electron chi connectivity index (χ4n) is 2.03. The van der Waals surface area contributed by atoms with Gasteiger partial charge in [0.2, 0.25) is 5.91 Å². The summed E-state index contributed by atoms with van der Waals surface area (Å²) in [5, 5.41) is 0. The quantitative estimate of drug-likeness (QED) is 0.680. The Morgan fingerprint density at radius 3 is 2.93 bits per heavy atom. The van der Waals surface area contributed by atoms with Gasteiger partial charge in [0.15, 0.2) is 0 Å². The van der Waals surface area contributed by atoms with E-state index in [0.717, 1.165) is 25.1 Å². The molecule has 0 unspecified atom stereocenters. The second-order valence-electron chi connectivity index (χ2n) is 3.77. The lowest BCUT2D eigenvalue weighted by molar-refractivity contribution is -0.116. The van der Waals surface area contributed by atoms with Crippen LogP contribution in [0.2, 0.25) is 0 Å². The highest BCUT2D eigenvalue weighted by atomic mass is 32.2. The Balaban J connectivity index is 2.40. The summed E-state index contributed by atoms with van der Waals surface area (Å²) in [4.78, 5) is 14.6. The zero-order chi connectivity index (χ0) is 10.8. The Morgan fingerprint density at radius 2 is 2.27 bits per heavy atom. The number of amides is 1. The van der Waals surface area contributed by atoms with Crippen LogP contribution in [0.25, 0.3) is 0 Å². The first-order valence-corrected chi connectivity index (χ1v) is 6.40. The van der Waals surface area contributed by atoms with Crippen molar-refractivity contribution in [3.8, 4) is 0 Å². The predicted molar refractivity (Wildman–Crippen MR) is 64.6 cm³/mol. The second-order valence-corrected chi connectivity index (χ2v) is 4.65. The summed E-state index contributed by atoms with van der Waals surface area (Å²) in [7, 11) is 0. The highest BCUT2D eigenvalue weighted by Gasteiger charge is 2.19. The number of nitrogens with zero attached hydrogens (tertiary/aromatic N) is 1. The minimum absolute atomic E-state index is 0.146. The van der Waals surface area contributed by atoms with E-state index in [4.69, 9.17) is 0 Å². The van der Waals surface area contributed by atoms with E-state index in [1.807, 2.05) is 4.90 Å². The van der Waals surface area contributed by atoms with E-state index in [2.05, 4.69) is 24.5 Å². The van der Waals surface area contributed by atoms with Crippen molar-refractivity contribution >= 4 is 23.4 Å². The molecule has 0 aliphatic carbocycles. The number of hydrogen-bond acceptors (Lipinski definition) is 2. The first-order valence-electron chi connectivity index (χ1n) is 5.17. The van der Waals surface area contributed by atoms with Crippen LogP contribution < -0.4 is 4.90 Å². The molecule has 2 rings (SSSR count). The molecule has 1 aromatic rings. The van der Waals surface area contributed by atoms with Crippen LogP contribution in [-0.4, -0.2) is 18.7 Å². The van der Waals surface area contributed by atoms with Crippen molar-refractivity contribution in [2.45, 2.75) is 24.7 Å². The smallest absolute Gasteiger partial charge is 0.223 e. The summed E-state index contributed by atoms with van der Waals surface area (Å²) in [6.45, 7) is 2.50. The van der Waals surface area contributed by atoms with Gasteiger partial charge in [-0.3, -0.25) is 4.79 Å². The number of aryl methyl sites for hydroxylation is 1. The van der Waals surface area contributed by atoms with E-state index < -0.39 is 0 Å². The topological polar surface area (TPSA) is 20.3 Å². The van der Waals surface area contributed by atoms with Crippen molar-refractivity contribution in [3.05, 3.63) is 23.8 Å². The number of benzene rings is 1. The average molecular weight is 221 g/mol.